The smallest absolute Gasteiger partial charge is 0.248 e. The second-order valence-electron chi connectivity index (χ2n) is 6.09. The predicted octanol–water partition coefficient (Wildman–Crippen LogP) is 5.94. The van der Waals surface area contributed by atoms with Crippen molar-refractivity contribution in [1.29, 1.82) is 0 Å². The Morgan fingerprint density at radius 2 is 1.70 bits per heavy atom. The van der Waals surface area contributed by atoms with E-state index in [9.17, 15) is 4.79 Å². The topological polar surface area (TPSA) is 42.2 Å². The standard InChI is InChI=1S/C19H22BrNO2/c1-12(2)15-6-5-7-16(13(3)4)19(15)21-18(22)11-9-14-8-10-17(20)23-14/h5-13H,1-4H3,(H,21,22)/b11-9+. The highest BCUT2D eigenvalue weighted by atomic mass is 79.9. The zero-order chi connectivity index (χ0) is 17.0. The summed E-state index contributed by atoms with van der Waals surface area (Å²) in [4.78, 5) is 12.3. The Morgan fingerprint density at radius 3 is 2.17 bits per heavy atom. The summed E-state index contributed by atoms with van der Waals surface area (Å²) in [6, 6.07) is 9.79. The van der Waals surface area contributed by atoms with Gasteiger partial charge < -0.3 is 9.73 Å². The highest BCUT2D eigenvalue weighted by Gasteiger charge is 2.14. The zero-order valence-corrected chi connectivity index (χ0v) is 15.5. The van der Waals surface area contributed by atoms with Crippen LogP contribution in [0.3, 0.4) is 0 Å². The van der Waals surface area contributed by atoms with Gasteiger partial charge in [-0.25, -0.2) is 0 Å². The van der Waals surface area contributed by atoms with Gasteiger partial charge in [0.05, 0.1) is 0 Å². The van der Waals surface area contributed by atoms with E-state index in [-0.39, 0.29) is 5.91 Å². The van der Waals surface area contributed by atoms with Crippen molar-refractivity contribution in [3.63, 3.8) is 0 Å². The van der Waals surface area contributed by atoms with Crippen molar-refractivity contribution in [2.75, 3.05) is 5.32 Å². The molecule has 0 bridgehead atoms. The van der Waals surface area contributed by atoms with Crippen LogP contribution >= 0.6 is 15.9 Å². The molecule has 1 aromatic carbocycles. The van der Waals surface area contributed by atoms with Crippen molar-refractivity contribution in [3.8, 4) is 0 Å². The van der Waals surface area contributed by atoms with E-state index in [0.29, 0.717) is 22.3 Å². The van der Waals surface area contributed by atoms with Crippen LogP contribution in [-0.4, -0.2) is 5.91 Å². The molecule has 0 aliphatic heterocycles. The van der Waals surface area contributed by atoms with E-state index in [2.05, 4.69) is 67.1 Å². The lowest BCUT2D eigenvalue weighted by atomic mass is 9.92. The molecule has 2 aromatic rings. The molecule has 0 unspecified atom stereocenters. The van der Waals surface area contributed by atoms with Gasteiger partial charge in [-0.1, -0.05) is 45.9 Å². The van der Waals surface area contributed by atoms with Crippen molar-refractivity contribution < 1.29 is 9.21 Å². The van der Waals surface area contributed by atoms with Gasteiger partial charge in [0.25, 0.3) is 0 Å². The molecule has 1 amide bonds. The SMILES string of the molecule is CC(C)c1cccc(C(C)C)c1NC(=O)/C=C/c1ccc(Br)o1. The number of para-hydroxylation sites is 1. The van der Waals surface area contributed by atoms with E-state index >= 15 is 0 Å². The minimum Gasteiger partial charge on any atom is -0.450 e. The largest absolute Gasteiger partial charge is 0.450 e. The fourth-order valence-electron chi connectivity index (χ4n) is 2.44. The first kappa shape index (κ1) is 17.5. The molecular weight excluding hydrogens is 354 g/mol. The van der Waals surface area contributed by atoms with Crippen LogP contribution in [0.5, 0.6) is 0 Å². The van der Waals surface area contributed by atoms with Crippen molar-refractivity contribution in [1.82, 2.24) is 0 Å². The molecule has 0 fully saturated rings. The Morgan fingerprint density at radius 1 is 1.09 bits per heavy atom. The Bertz CT molecular complexity index is 688. The van der Waals surface area contributed by atoms with Crippen LogP contribution in [0, 0.1) is 0 Å². The van der Waals surface area contributed by atoms with Crippen LogP contribution in [0.2, 0.25) is 0 Å². The van der Waals surface area contributed by atoms with Crippen LogP contribution in [0.1, 0.15) is 56.4 Å². The maximum atomic E-state index is 12.3. The van der Waals surface area contributed by atoms with E-state index in [1.54, 1.807) is 18.2 Å². The maximum Gasteiger partial charge on any atom is 0.248 e. The molecule has 122 valence electrons. The molecular formula is C19H22BrNO2. The molecule has 23 heavy (non-hydrogen) atoms. The molecule has 0 saturated carbocycles. The number of hydrogen-bond donors (Lipinski definition) is 1. The molecule has 2 rings (SSSR count). The highest BCUT2D eigenvalue weighted by Crippen LogP contribution is 2.32. The summed E-state index contributed by atoms with van der Waals surface area (Å²) in [5.74, 6) is 1.16. The van der Waals surface area contributed by atoms with Gasteiger partial charge in [-0.05, 0) is 57.1 Å². The van der Waals surface area contributed by atoms with E-state index in [0.717, 1.165) is 16.8 Å². The molecule has 1 heterocycles. The van der Waals surface area contributed by atoms with Gasteiger partial charge in [0.15, 0.2) is 4.67 Å². The van der Waals surface area contributed by atoms with E-state index in [1.165, 1.54) is 6.08 Å². The fraction of sp³-hybridized carbons (Fsp3) is 0.316. The van der Waals surface area contributed by atoms with Crippen LogP contribution < -0.4 is 5.32 Å². The minimum atomic E-state index is -0.160. The molecule has 4 heteroatoms. The highest BCUT2D eigenvalue weighted by molar-refractivity contribution is 9.10. The first-order valence-corrected chi connectivity index (χ1v) is 8.55. The third-order valence-corrected chi connectivity index (χ3v) is 4.04. The summed E-state index contributed by atoms with van der Waals surface area (Å²) in [6.07, 6.45) is 3.15. The number of benzene rings is 1. The normalized spacial score (nSPS) is 11.6. The summed E-state index contributed by atoms with van der Waals surface area (Å²) < 4.78 is 6.00. The Kier molecular flexibility index (Phi) is 5.83. The molecule has 0 spiro atoms. The summed E-state index contributed by atoms with van der Waals surface area (Å²) in [5.41, 5.74) is 3.23. The minimum absolute atomic E-state index is 0.160. The van der Waals surface area contributed by atoms with Gasteiger partial charge in [0, 0.05) is 11.8 Å². The number of carbonyl (C=O) groups is 1. The molecule has 3 nitrogen and oxygen atoms in total. The molecule has 1 aromatic heterocycles. The molecule has 0 atom stereocenters. The number of nitrogens with one attached hydrogen (secondary N) is 1. The lowest BCUT2D eigenvalue weighted by Gasteiger charge is -2.19. The Hall–Kier alpha value is -1.81. The monoisotopic (exact) mass is 375 g/mol. The number of halogens is 1. The molecule has 1 N–H and O–H groups in total. The quantitative estimate of drug-likeness (QED) is 0.656. The summed E-state index contributed by atoms with van der Waals surface area (Å²) in [7, 11) is 0. The number of rotatable bonds is 5. The second-order valence-corrected chi connectivity index (χ2v) is 6.87. The molecule has 0 saturated heterocycles. The second kappa shape index (κ2) is 7.64. The van der Waals surface area contributed by atoms with Crippen molar-refractivity contribution in [2.45, 2.75) is 39.5 Å². The van der Waals surface area contributed by atoms with Gasteiger partial charge >= 0.3 is 0 Å². The average Bonchev–Trinajstić information content (AvgIpc) is 2.90. The van der Waals surface area contributed by atoms with Gasteiger partial charge in [-0.2, -0.15) is 0 Å². The lowest BCUT2D eigenvalue weighted by molar-refractivity contribution is -0.111. The Balaban J connectivity index is 2.24. The predicted molar refractivity (Wildman–Crippen MR) is 98.7 cm³/mol. The first-order valence-electron chi connectivity index (χ1n) is 7.75. The van der Waals surface area contributed by atoms with Crippen molar-refractivity contribution >= 4 is 33.6 Å². The van der Waals surface area contributed by atoms with Crippen molar-refractivity contribution in [2.24, 2.45) is 0 Å². The number of hydrogen-bond acceptors (Lipinski definition) is 2. The number of amides is 1. The molecule has 0 aliphatic carbocycles. The third-order valence-electron chi connectivity index (χ3n) is 3.61. The van der Waals surface area contributed by atoms with Crippen LogP contribution in [0.15, 0.2) is 45.5 Å². The van der Waals surface area contributed by atoms with Crippen molar-refractivity contribution in [3.05, 3.63) is 58.0 Å². The first-order chi connectivity index (χ1) is 10.9. The number of furan rings is 1. The Labute approximate surface area is 145 Å². The number of anilines is 1. The fourth-order valence-corrected chi connectivity index (χ4v) is 2.75. The van der Waals surface area contributed by atoms with Gasteiger partial charge in [-0.3, -0.25) is 4.79 Å². The van der Waals surface area contributed by atoms with E-state index in [1.807, 2.05) is 0 Å². The van der Waals surface area contributed by atoms with Crippen LogP contribution in [-0.2, 0) is 4.79 Å². The van der Waals surface area contributed by atoms with E-state index in [4.69, 9.17) is 4.42 Å². The lowest BCUT2D eigenvalue weighted by Crippen LogP contribution is -2.13. The number of carbonyl (C=O) groups excluding carboxylic acids is 1. The zero-order valence-electron chi connectivity index (χ0n) is 13.9. The molecule has 0 radical (unpaired) electrons. The summed E-state index contributed by atoms with van der Waals surface area (Å²) in [6.45, 7) is 8.52. The third kappa shape index (κ3) is 4.58. The van der Waals surface area contributed by atoms with Gasteiger partial charge in [0.1, 0.15) is 5.76 Å². The van der Waals surface area contributed by atoms with Gasteiger partial charge in [0.2, 0.25) is 5.91 Å². The van der Waals surface area contributed by atoms with Crippen LogP contribution in [0.25, 0.3) is 6.08 Å². The average molecular weight is 376 g/mol. The molecule has 0 aliphatic rings. The van der Waals surface area contributed by atoms with Gasteiger partial charge in [-0.15, -0.1) is 0 Å². The van der Waals surface area contributed by atoms with E-state index < -0.39 is 0 Å². The summed E-state index contributed by atoms with van der Waals surface area (Å²) >= 11 is 3.24. The van der Waals surface area contributed by atoms with Crippen LogP contribution in [0.4, 0.5) is 5.69 Å². The summed E-state index contributed by atoms with van der Waals surface area (Å²) in [5, 5.41) is 3.04. The maximum absolute atomic E-state index is 12.3.